The van der Waals surface area contributed by atoms with Crippen molar-refractivity contribution in [1.29, 1.82) is 0 Å². The maximum absolute atomic E-state index is 9.39. The highest BCUT2D eigenvalue weighted by Gasteiger charge is 2.30. The number of nitrogens with zero attached hydrogens (tertiary/aromatic N) is 2. The van der Waals surface area contributed by atoms with Crippen molar-refractivity contribution in [2.75, 3.05) is 13.2 Å². The largest absolute Gasteiger partial charge is 0.396 e. The highest BCUT2D eigenvalue weighted by Crippen LogP contribution is 2.38. The van der Waals surface area contributed by atoms with Crippen molar-refractivity contribution in [3.63, 3.8) is 0 Å². The molecule has 2 aromatic rings. The third-order valence-corrected chi connectivity index (χ3v) is 5.12. The summed E-state index contributed by atoms with van der Waals surface area (Å²) < 4.78 is 2.01. The van der Waals surface area contributed by atoms with Gasteiger partial charge in [0.05, 0.1) is 6.33 Å². The van der Waals surface area contributed by atoms with Gasteiger partial charge in [-0.25, -0.2) is 4.98 Å². The van der Waals surface area contributed by atoms with E-state index in [2.05, 4.69) is 34.6 Å². The molecule has 0 aliphatic heterocycles. The lowest BCUT2D eigenvalue weighted by atomic mass is 9.72. The van der Waals surface area contributed by atoms with Crippen LogP contribution in [0, 0.1) is 5.41 Å². The molecule has 1 fully saturated rings. The fourth-order valence-electron chi connectivity index (χ4n) is 3.72. The van der Waals surface area contributed by atoms with Gasteiger partial charge in [0.1, 0.15) is 0 Å². The zero-order valence-electron chi connectivity index (χ0n) is 13.7. The quantitative estimate of drug-likeness (QED) is 0.824. The number of hydrogen-bond acceptors (Lipinski definition) is 3. The summed E-state index contributed by atoms with van der Waals surface area (Å²) in [6, 6.07) is 8.59. The van der Waals surface area contributed by atoms with E-state index in [1.165, 1.54) is 37.7 Å². The molecule has 1 aromatic heterocycles. The average Bonchev–Trinajstić information content (AvgIpc) is 3.11. The van der Waals surface area contributed by atoms with Crippen molar-refractivity contribution in [2.24, 2.45) is 5.41 Å². The van der Waals surface area contributed by atoms with Crippen molar-refractivity contribution in [3.8, 4) is 5.69 Å². The molecule has 0 spiro atoms. The molecule has 23 heavy (non-hydrogen) atoms. The topological polar surface area (TPSA) is 50.1 Å². The van der Waals surface area contributed by atoms with Crippen molar-refractivity contribution >= 4 is 0 Å². The van der Waals surface area contributed by atoms with Gasteiger partial charge >= 0.3 is 0 Å². The van der Waals surface area contributed by atoms with Gasteiger partial charge in [-0.05, 0) is 42.4 Å². The van der Waals surface area contributed by atoms with Gasteiger partial charge in [0, 0.05) is 37.8 Å². The number of benzene rings is 1. The van der Waals surface area contributed by atoms with E-state index in [1.54, 1.807) is 6.20 Å². The van der Waals surface area contributed by atoms with Crippen LogP contribution >= 0.6 is 0 Å². The molecule has 4 nitrogen and oxygen atoms in total. The van der Waals surface area contributed by atoms with Gasteiger partial charge in [0.25, 0.3) is 0 Å². The molecule has 1 aromatic carbocycles. The normalized spacial score (nSPS) is 17.3. The summed E-state index contributed by atoms with van der Waals surface area (Å²) in [5.74, 6) is 0. The minimum atomic E-state index is 0.307. The van der Waals surface area contributed by atoms with Crippen LogP contribution < -0.4 is 5.32 Å². The third kappa shape index (κ3) is 4.21. The lowest BCUT2D eigenvalue weighted by Crippen LogP contribution is -2.36. The van der Waals surface area contributed by atoms with Crippen molar-refractivity contribution in [1.82, 2.24) is 14.9 Å². The average molecular weight is 313 g/mol. The van der Waals surface area contributed by atoms with Crippen LogP contribution in [0.3, 0.4) is 0 Å². The predicted molar refractivity (Wildman–Crippen MR) is 92.5 cm³/mol. The second-order valence-electron chi connectivity index (χ2n) is 6.77. The van der Waals surface area contributed by atoms with E-state index in [0.717, 1.165) is 25.2 Å². The van der Waals surface area contributed by atoms with Crippen LogP contribution in [0.2, 0.25) is 0 Å². The van der Waals surface area contributed by atoms with Gasteiger partial charge in [-0.15, -0.1) is 0 Å². The van der Waals surface area contributed by atoms with Gasteiger partial charge in [0.2, 0.25) is 0 Å². The van der Waals surface area contributed by atoms with Gasteiger partial charge in [-0.3, -0.25) is 0 Å². The molecule has 0 atom stereocenters. The first kappa shape index (κ1) is 16.2. The maximum Gasteiger partial charge on any atom is 0.0991 e. The number of aliphatic hydroxyl groups excluding tert-OH is 1. The summed E-state index contributed by atoms with van der Waals surface area (Å²) >= 11 is 0. The Kier molecular flexibility index (Phi) is 5.47. The maximum atomic E-state index is 9.39. The van der Waals surface area contributed by atoms with E-state index in [0.29, 0.717) is 12.0 Å². The van der Waals surface area contributed by atoms with E-state index in [9.17, 15) is 5.11 Å². The van der Waals surface area contributed by atoms with Crippen molar-refractivity contribution in [2.45, 2.75) is 45.1 Å². The van der Waals surface area contributed by atoms with E-state index < -0.39 is 0 Å². The summed E-state index contributed by atoms with van der Waals surface area (Å²) in [6.45, 7) is 2.20. The van der Waals surface area contributed by atoms with E-state index in [-0.39, 0.29) is 0 Å². The van der Waals surface area contributed by atoms with E-state index in [4.69, 9.17) is 0 Å². The molecule has 1 aliphatic rings. The number of rotatable bonds is 7. The summed E-state index contributed by atoms with van der Waals surface area (Å²) in [7, 11) is 0. The monoisotopic (exact) mass is 313 g/mol. The lowest BCUT2D eigenvalue weighted by Gasteiger charge is -2.37. The number of imidazole rings is 1. The first-order valence-corrected chi connectivity index (χ1v) is 8.70. The number of nitrogens with one attached hydrogen (secondary N) is 1. The molecule has 0 bridgehead atoms. The Morgan fingerprint density at radius 2 is 1.91 bits per heavy atom. The van der Waals surface area contributed by atoms with Crippen LogP contribution in [-0.2, 0) is 6.54 Å². The van der Waals surface area contributed by atoms with Gasteiger partial charge < -0.3 is 15.0 Å². The molecular weight excluding hydrogens is 286 g/mol. The van der Waals surface area contributed by atoms with E-state index in [1.807, 2.05) is 17.1 Å². The van der Waals surface area contributed by atoms with Gasteiger partial charge in [-0.2, -0.15) is 0 Å². The SMILES string of the molecule is OCCC1(CNCc2ccc(-n3ccnc3)cc2)CCCCC1. The molecule has 0 unspecified atom stereocenters. The Morgan fingerprint density at radius 1 is 1.13 bits per heavy atom. The molecule has 1 aliphatic carbocycles. The van der Waals surface area contributed by atoms with Crippen molar-refractivity contribution in [3.05, 3.63) is 48.5 Å². The Morgan fingerprint density at radius 3 is 2.57 bits per heavy atom. The summed E-state index contributed by atoms with van der Waals surface area (Å²) in [5.41, 5.74) is 2.74. The van der Waals surface area contributed by atoms with Crippen LogP contribution in [0.5, 0.6) is 0 Å². The van der Waals surface area contributed by atoms with Gasteiger partial charge in [0.15, 0.2) is 0 Å². The Labute approximate surface area is 138 Å². The molecule has 1 heterocycles. The molecule has 4 heteroatoms. The molecular formula is C19H27N3O. The zero-order chi connectivity index (χ0) is 16.0. The highest BCUT2D eigenvalue weighted by atomic mass is 16.3. The predicted octanol–water partition coefficient (Wildman–Crippen LogP) is 3.29. The molecule has 0 saturated heterocycles. The second-order valence-corrected chi connectivity index (χ2v) is 6.77. The standard InChI is InChI=1S/C19H27N3O/c23-13-10-19(8-2-1-3-9-19)15-21-14-17-4-6-18(7-5-17)22-12-11-20-16-22/h4-7,11-12,16,21,23H,1-3,8-10,13-15H2. The summed E-state index contributed by atoms with van der Waals surface area (Å²) in [6.07, 6.45) is 13.0. The fraction of sp³-hybridized carbons (Fsp3) is 0.526. The van der Waals surface area contributed by atoms with Crippen LogP contribution in [0.25, 0.3) is 5.69 Å². The third-order valence-electron chi connectivity index (χ3n) is 5.12. The molecule has 124 valence electrons. The smallest absolute Gasteiger partial charge is 0.0991 e. The lowest BCUT2D eigenvalue weighted by molar-refractivity contribution is 0.126. The Balaban J connectivity index is 1.53. The molecule has 2 N–H and O–H groups in total. The minimum absolute atomic E-state index is 0.307. The van der Waals surface area contributed by atoms with Crippen LogP contribution in [-0.4, -0.2) is 27.8 Å². The zero-order valence-corrected chi connectivity index (χ0v) is 13.7. The van der Waals surface area contributed by atoms with E-state index >= 15 is 0 Å². The Hall–Kier alpha value is -1.65. The summed E-state index contributed by atoms with van der Waals surface area (Å²) in [4.78, 5) is 4.08. The van der Waals surface area contributed by atoms with Crippen LogP contribution in [0.4, 0.5) is 0 Å². The molecule has 1 saturated carbocycles. The van der Waals surface area contributed by atoms with Crippen LogP contribution in [0.15, 0.2) is 43.0 Å². The second kappa shape index (κ2) is 7.75. The Bertz CT molecular complexity index is 566. The van der Waals surface area contributed by atoms with Crippen molar-refractivity contribution < 1.29 is 5.11 Å². The number of aromatic nitrogens is 2. The minimum Gasteiger partial charge on any atom is -0.396 e. The van der Waals surface area contributed by atoms with Gasteiger partial charge in [-0.1, -0.05) is 31.4 Å². The molecule has 0 radical (unpaired) electrons. The molecule has 3 rings (SSSR count). The summed E-state index contributed by atoms with van der Waals surface area (Å²) in [5, 5.41) is 13.0. The van der Waals surface area contributed by atoms with Crippen LogP contribution in [0.1, 0.15) is 44.1 Å². The number of aliphatic hydroxyl groups is 1. The molecule has 0 amide bonds. The first-order valence-electron chi connectivity index (χ1n) is 8.70. The first-order chi connectivity index (χ1) is 11.3. The fourth-order valence-corrected chi connectivity index (χ4v) is 3.72. The highest BCUT2D eigenvalue weighted by molar-refractivity contribution is 5.34. The number of hydrogen-bond donors (Lipinski definition) is 2.